The number of hydrogen-bond acceptors (Lipinski definition) is 4. The van der Waals surface area contributed by atoms with E-state index in [1.54, 1.807) is 6.07 Å². The Hall–Kier alpha value is -1.11. The summed E-state index contributed by atoms with van der Waals surface area (Å²) in [4.78, 5) is 22.9. The van der Waals surface area contributed by atoms with Gasteiger partial charge in [0.25, 0.3) is 5.91 Å². The topological polar surface area (TPSA) is 84.2 Å². The zero-order valence-electron chi connectivity index (χ0n) is 9.27. The summed E-state index contributed by atoms with van der Waals surface area (Å²) in [5.74, 6) is -0.246. The van der Waals surface area contributed by atoms with E-state index in [9.17, 15) is 9.59 Å². The summed E-state index contributed by atoms with van der Waals surface area (Å²) in [6.07, 6.45) is 0.697. The molecule has 17 heavy (non-hydrogen) atoms. The first-order chi connectivity index (χ1) is 7.74. The van der Waals surface area contributed by atoms with Crippen LogP contribution in [0.15, 0.2) is 17.5 Å². The number of carbonyl (C=O) groups is 2. The maximum absolute atomic E-state index is 11.5. The molecule has 0 aliphatic heterocycles. The van der Waals surface area contributed by atoms with Gasteiger partial charge in [-0.1, -0.05) is 6.07 Å². The molecule has 0 fully saturated rings. The summed E-state index contributed by atoms with van der Waals surface area (Å²) in [5, 5.41) is 7.25. The molecule has 0 aliphatic carbocycles. The highest BCUT2D eigenvalue weighted by atomic mass is 35.5. The van der Waals surface area contributed by atoms with Crippen LogP contribution in [0.1, 0.15) is 16.1 Å². The molecular weight excluding hydrogens is 262 g/mol. The Kier molecular flexibility index (Phi) is 8.39. The van der Waals surface area contributed by atoms with E-state index in [0.29, 0.717) is 24.4 Å². The lowest BCUT2D eigenvalue weighted by molar-refractivity contribution is -0.119. The maximum Gasteiger partial charge on any atom is 0.261 e. The quantitative estimate of drug-likeness (QED) is 0.657. The number of hydrogen-bond donors (Lipinski definition) is 3. The lowest BCUT2D eigenvalue weighted by Crippen LogP contribution is -2.33. The van der Waals surface area contributed by atoms with Gasteiger partial charge in [0.05, 0.1) is 11.4 Å². The van der Waals surface area contributed by atoms with Crippen molar-refractivity contribution in [3.8, 4) is 0 Å². The first kappa shape index (κ1) is 15.9. The minimum atomic E-state index is -0.176. The van der Waals surface area contributed by atoms with Crippen LogP contribution in [0.5, 0.6) is 0 Å². The lowest BCUT2D eigenvalue weighted by atomic mass is 10.4. The molecule has 0 saturated carbocycles. The van der Waals surface area contributed by atoms with Crippen LogP contribution in [0.4, 0.5) is 0 Å². The Morgan fingerprint density at radius 3 is 2.59 bits per heavy atom. The predicted molar refractivity (Wildman–Crippen MR) is 70.6 cm³/mol. The molecule has 1 aromatic heterocycles. The second-order valence-electron chi connectivity index (χ2n) is 3.14. The van der Waals surface area contributed by atoms with Crippen LogP contribution in [0.3, 0.4) is 0 Å². The minimum absolute atomic E-state index is 0. The van der Waals surface area contributed by atoms with E-state index in [2.05, 4.69) is 10.6 Å². The van der Waals surface area contributed by atoms with Gasteiger partial charge >= 0.3 is 0 Å². The fourth-order valence-corrected chi connectivity index (χ4v) is 1.73. The van der Waals surface area contributed by atoms with E-state index in [0.717, 1.165) is 0 Å². The van der Waals surface area contributed by atoms with Crippen molar-refractivity contribution in [2.24, 2.45) is 5.73 Å². The molecule has 1 heterocycles. The number of halogens is 1. The summed E-state index contributed by atoms with van der Waals surface area (Å²) < 4.78 is 0. The van der Waals surface area contributed by atoms with Gasteiger partial charge in [-0.25, -0.2) is 0 Å². The number of amides is 2. The number of nitrogens with two attached hydrogens (primary N) is 1. The number of carbonyl (C=O) groups excluding carboxylic acids is 2. The van der Waals surface area contributed by atoms with Crippen LogP contribution < -0.4 is 16.4 Å². The number of nitrogens with one attached hydrogen (secondary N) is 2. The van der Waals surface area contributed by atoms with E-state index in [-0.39, 0.29) is 30.8 Å². The van der Waals surface area contributed by atoms with E-state index >= 15 is 0 Å². The molecular formula is C10H16ClN3O2S. The monoisotopic (exact) mass is 277 g/mol. The predicted octanol–water partition coefficient (Wildman–Crippen LogP) is 0.365. The third kappa shape index (κ3) is 6.25. The number of rotatable bonds is 6. The fraction of sp³-hybridized carbons (Fsp3) is 0.400. The summed E-state index contributed by atoms with van der Waals surface area (Å²) in [5.41, 5.74) is 5.12. The summed E-state index contributed by atoms with van der Waals surface area (Å²) in [7, 11) is 0. The first-order valence-corrected chi connectivity index (χ1v) is 5.90. The van der Waals surface area contributed by atoms with Crippen molar-refractivity contribution >= 4 is 35.6 Å². The van der Waals surface area contributed by atoms with Crippen LogP contribution in [-0.2, 0) is 4.79 Å². The zero-order valence-corrected chi connectivity index (χ0v) is 10.9. The average molecular weight is 278 g/mol. The minimum Gasteiger partial charge on any atom is -0.355 e. The van der Waals surface area contributed by atoms with Gasteiger partial charge in [-0.05, 0) is 17.9 Å². The van der Waals surface area contributed by atoms with Crippen LogP contribution in [-0.4, -0.2) is 31.4 Å². The van der Waals surface area contributed by atoms with Gasteiger partial charge in [-0.3, -0.25) is 9.59 Å². The largest absolute Gasteiger partial charge is 0.355 e. The molecule has 96 valence electrons. The maximum atomic E-state index is 11.5. The van der Waals surface area contributed by atoms with Crippen molar-refractivity contribution in [3.63, 3.8) is 0 Å². The highest BCUT2D eigenvalue weighted by Crippen LogP contribution is 2.07. The lowest BCUT2D eigenvalue weighted by Gasteiger charge is -2.04. The normalized spacial score (nSPS) is 9.24. The summed E-state index contributed by atoms with van der Waals surface area (Å²) in [6, 6.07) is 3.61. The second kappa shape index (κ2) is 8.98. The standard InChI is InChI=1S/C10H15N3O2S.ClH/c11-7-9(14)12-4-2-5-13-10(15)8-3-1-6-16-8;/h1,3,6H,2,4-5,7,11H2,(H,12,14)(H,13,15);1H. The molecule has 1 aromatic rings. The van der Waals surface area contributed by atoms with Crippen molar-refractivity contribution in [1.82, 2.24) is 10.6 Å². The van der Waals surface area contributed by atoms with Gasteiger partial charge in [0.2, 0.25) is 5.91 Å². The van der Waals surface area contributed by atoms with Crippen LogP contribution in [0.25, 0.3) is 0 Å². The summed E-state index contributed by atoms with van der Waals surface area (Å²) >= 11 is 1.41. The molecule has 1 rings (SSSR count). The highest BCUT2D eigenvalue weighted by Gasteiger charge is 2.04. The van der Waals surface area contributed by atoms with Crippen LogP contribution in [0, 0.1) is 0 Å². The van der Waals surface area contributed by atoms with Crippen molar-refractivity contribution in [2.75, 3.05) is 19.6 Å². The molecule has 5 nitrogen and oxygen atoms in total. The molecule has 0 aliphatic rings. The average Bonchev–Trinajstić information content (AvgIpc) is 2.81. The zero-order chi connectivity index (χ0) is 11.8. The number of thiophene rings is 1. The fourth-order valence-electron chi connectivity index (χ4n) is 1.09. The molecule has 0 atom stereocenters. The molecule has 0 saturated heterocycles. The van der Waals surface area contributed by atoms with Crippen molar-refractivity contribution < 1.29 is 9.59 Å². The van der Waals surface area contributed by atoms with E-state index in [1.165, 1.54) is 11.3 Å². The van der Waals surface area contributed by atoms with E-state index < -0.39 is 0 Å². The highest BCUT2D eigenvalue weighted by molar-refractivity contribution is 7.12. The second-order valence-corrected chi connectivity index (χ2v) is 4.09. The van der Waals surface area contributed by atoms with Crippen LogP contribution >= 0.6 is 23.7 Å². The Morgan fingerprint density at radius 1 is 1.29 bits per heavy atom. The smallest absolute Gasteiger partial charge is 0.261 e. The van der Waals surface area contributed by atoms with E-state index in [4.69, 9.17) is 5.73 Å². The Morgan fingerprint density at radius 2 is 2.00 bits per heavy atom. The van der Waals surface area contributed by atoms with Crippen LogP contribution in [0.2, 0.25) is 0 Å². The SMILES string of the molecule is Cl.NCC(=O)NCCCNC(=O)c1cccs1. The van der Waals surface area contributed by atoms with E-state index in [1.807, 2.05) is 11.4 Å². The van der Waals surface area contributed by atoms with Crippen molar-refractivity contribution in [3.05, 3.63) is 22.4 Å². The molecule has 0 aromatic carbocycles. The van der Waals surface area contributed by atoms with Crippen molar-refractivity contribution in [1.29, 1.82) is 0 Å². The molecule has 0 radical (unpaired) electrons. The summed E-state index contributed by atoms with van der Waals surface area (Å²) in [6.45, 7) is 1.07. The Bertz CT molecular complexity index is 343. The van der Waals surface area contributed by atoms with Crippen molar-refractivity contribution in [2.45, 2.75) is 6.42 Å². The molecule has 0 bridgehead atoms. The Labute approximate surface area is 110 Å². The van der Waals surface area contributed by atoms with Gasteiger partial charge < -0.3 is 16.4 Å². The third-order valence-electron chi connectivity index (χ3n) is 1.89. The molecule has 7 heteroatoms. The molecule has 2 amide bonds. The molecule has 0 unspecified atom stereocenters. The third-order valence-corrected chi connectivity index (χ3v) is 2.76. The molecule has 0 spiro atoms. The Balaban J connectivity index is 0.00000256. The first-order valence-electron chi connectivity index (χ1n) is 5.02. The van der Waals surface area contributed by atoms with Gasteiger partial charge in [0.15, 0.2) is 0 Å². The molecule has 4 N–H and O–H groups in total. The van der Waals surface area contributed by atoms with Gasteiger partial charge in [-0.15, -0.1) is 23.7 Å². The van der Waals surface area contributed by atoms with Gasteiger partial charge in [-0.2, -0.15) is 0 Å². The van der Waals surface area contributed by atoms with Gasteiger partial charge in [0.1, 0.15) is 0 Å². The van der Waals surface area contributed by atoms with Gasteiger partial charge in [0, 0.05) is 13.1 Å².